The molecule has 5 heteroatoms. The predicted octanol–water partition coefficient (Wildman–Crippen LogP) is 1.27. The molecule has 1 aromatic carbocycles. The summed E-state index contributed by atoms with van der Waals surface area (Å²) in [5.74, 6) is -0.318. The smallest absolute Gasteiger partial charge is 0.152 e. The third-order valence-corrected chi connectivity index (χ3v) is 2.21. The van der Waals surface area contributed by atoms with Crippen molar-refractivity contribution in [3.8, 4) is 0 Å². The molecule has 17 heavy (non-hydrogen) atoms. The number of carboxylic acid groups (broad SMARTS) is 1. The molecular formula is C12H16FN2O2-. The van der Waals surface area contributed by atoms with Gasteiger partial charge >= 0.3 is 0 Å². The maximum atomic E-state index is 12.7. The quantitative estimate of drug-likeness (QED) is 0.808. The highest BCUT2D eigenvalue weighted by atomic mass is 19.1. The first-order valence-corrected chi connectivity index (χ1v) is 5.30. The predicted molar refractivity (Wildman–Crippen MR) is 60.2 cm³/mol. The first-order valence-electron chi connectivity index (χ1n) is 5.30. The number of hydrogen-bond acceptors (Lipinski definition) is 3. The van der Waals surface area contributed by atoms with E-state index in [2.05, 4.69) is 5.43 Å². The van der Waals surface area contributed by atoms with Gasteiger partial charge in [0, 0.05) is 12.1 Å². The first kappa shape index (κ1) is 13.4. The summed E-state index contributed by atoms with van der Waals surface area (Å²) in [7, 11) is 0. The molecule has 0 spiro atoms. The van der Waals surface area contributed by atoms with Crippen LogP contribution in [0, 0.1) is 5.82 Å². The van der Waals surface area contributed by atoms with Gasteiger partial charge in [0.2, 0.25) is 0 Å². The molecule has 0 radical (unpaired) electrons. The number of rotatable bonds is 3. The van der Waals surface area contributed by atoms with E-state index in [0.29, 0.717) is 6.54 Å². The molecule has 1 rings (SSSR count). The topological polar surface area (TPSA) is 55.4 Å². The maximum Gasteiger partial charge on any atom is 0.152 e. The fraction of sp³-hybridized carbons (Fsp3) is 0.417. The van der Waals surface area contributed by atoms with Gasteiger partial charge in [0.25, 0.3) is 0 Å². The van der Waals surface area contributed by atoms with Crippen molar-refractivity contribution in [2.45, 2.75) is 32.9 Å². The highest BCUT2D eigenvalue weighted by Crippen LogP contribution is 2.10. The van der Waals surface area contributed by atoms with Crippen molar-refractivity contribution in [2.24, 2.45) is 0 Å². The summed E-state index contributed by atoms with van der Waals surface area (Å²) in [5.41, 5.74) is 2.94. The highest BCUT2D eigenvalue weighted by Gasteiger charge is 2.20. The van der Waals surface area contributed by atoms with Crippen LogP contribution in [0.5, 0.6) is 0 Å². The minimum atomic E-state index is -1.29. The lowest BCUT2D eigenvalue weighted by atomic mass is 10.1. The van der Waals surface area contributed by atoms with Gasteiger partial charge in [0.1, 0.15) is 5.82 Å². The second-order valence-electron chi connectivity index (χ2n) is 4.73. The van der Waals surface area contributed by atoms with Crippen molar-refractivity contribution in [1.82, 2.24) is 10.4 Å². The Morgan fingerprint density at radius 1 is 1.35 bits per heavy atom. The monoisotopic (exact) mass is 239 g/mol. The maximum absolute atomic E-state index is 12.7. The standard InChI is InChI=1S/C12H17FN2O2/c1-12(2,3)15(11(16)17)14-8-9-4-6-10(13)7-5-9/h4-7,14H,8H2,1-3H3,(H,16,17)/p-1. The summed E-state index contributed by atoms with van der Waals surface area (Å²) in [6, 6.07) is 5.85. The lowest BCUT2D eigenvalue weighted by Gasteiger charge is -2.37. The number of amides is 1. The second kappa shape index (κ2) is 5.14. The number of nitrogens with one attached hydrogen (secondary N) is 1. The van der Waals surface area contributed by atoms with Crippen molar-refractivity contribution in [3.63, 3.8) is 0 Å². The van der Waals surface area contributed by atoms with Crippen LogP contribution in [0.3, 0.4) is 0 Å². The van der Waals surface area contributed by atoms with Gasteiger partial charge < -0.3 is 9.90 Å². The molecule has 4 nitrogen and oxygen atoms in total. The molecule has 1 amide bonds. The third-order valence-electron chi connectivity index (χ3n) is 2.21. The van der Waals surface area contributed by atoms with Crippen LogP contribution in [0.4, 0.5) is 9.18 Å². The van der Waals surface area contributed by atoms with E-state index in [9.17, 15) is 14.3 Å². The highest BCUT2D eigenvalue weighted by molar-refractivity contribution is 5.62. The molecule has 1 aromatic rings. The molecule has 0 atom stereocenters. The van der Waals surface area contributed by atoms with Crippen LogP contribution in [0.1, 0.15) is 26.3 Å². The van der Waals surface area contributed by atoms with Gasteiger partial charge in [-0.15, -0.1) is 0 Å². The van der Waals surface area contributed by atoms with Crippen molar-refractivity contribution in [1.29, 1.82) is 0 Å². The van der Waals surface area contributed by atoms with E-state index in [4.69, 9.17) is 0 Å². The Labute approximate surface area is 100 Å². The van der Waals surface area contributed by atoms with Gasteiger partial charge in [-0.05, 0) is 38.5 Å². The molecular weight excluding hydrogens is 223 g/mol. The Hall–Kier alpha value is -1.62. The fourth-order valence-corrected chi connectivity index (χ4v) is 1.35. The first-order chi connectivity index (χ1) is 7.80. The molecule has 0 aromatic heterocycles. The third kappa shape index (κ3) is 4.03. The van der Waals surface area contributed by atoms with Gasteiger partial charge in [-0.3, -0.25) is 5.01 Å². The number of halogens is 1. The summed E-state index contributed by atoms with van der Waals surface area (Å²) in [5, 5.41) is 11.9. The van der Waals surface area contributed by atoms with E-state index in [0.717, 1.165) is 10.6 Å². The van der Waals surface area contributed by atoms with E-state index in [1.165, 1.54) is 12.1 Å². The summed E-state index contributed by atoms with van der Waals surface area (Å²) in [6.45, 7) is 5.55. The molecule has 1 N–H and O–H groups in total. The summed E-state index contributed by atoms with van der Waals surface area (Å²) in [4.78, 5) is 10.9. The zero-order chi connectivity index (χ0) is 13.1. The molecule has 0 aliphatic carbocycles. The minimum Gasteiger partial charge on any atom is -0.529 e. The lowest BCUT2D eigenvalue weighted by Crippen LogP contribution is -2.58. The van der Waals surface area contributed by atoms with Crippen molar-refractivity contribution < 1.29 is 14.3 Å². The Bertz CT molecular complexity index is 384. The normalized spacial score (nSPS) is 11.3. The van der Waals surface area contributed by atoms with E-state index in [-0.39, 0.29) is 5.82 Å². The number of hydrogen-bond donors (Lipinski definition) is 1. The van der Waals surface area contributed by atoms with Crippen molar-refractivity contribution >= 4 is 6.09 Å². The second-order valence-corrected chi connectivity index (χ2v) is 4.73. The molecule has 0 bridgehead atoms. The molecule has 0 saturated heterocycles. The van der Waals surface area contributed by atoms with Crippen LogP contribution >= 0.6 is 0 Å². The summed E-state index contributed by atoms with van der Waals surface area (Å²) in [6.07, 6.45) is -1.29. The molecule has 0 heterocycles. The van der Waals surface area contributed by atoms with Gasteiger partial charge in [0.05, 0.1) is 0 Å². The Morgan fingerprint density at radius 2 is 1.88 bits per heavy atom. The Balaban J connectivity index is 2.65. The fourth-order valence-electron chi connectivity index (χ4n) is 1.35. The largest absolute Gasteiger partial charge is 0.529 e. The number of carbonyl (C=O) groups excluding carboxylic acids is 1. The SMILES string of the molecule is CC(C)(C)N(NCc1ccc(F)cc1)C(=O)[O-]. The van der Waals surface area contributed by atoms with Crippen molar-refractivity contribution in [2.75, 3.05) is 0 Å². The molecule has 0 aliphatic heterocycles. The zero-order valence-electron chi connectivity index (χ0n) is 10.2. The van der Waals surface area contributed by atoms with E-state index in [1.807, 2.05) is 0 Å². The lowest BCUT2D eigenvalue weighted by molar-refractivity contribution is -0.275. The van der Waals surface area contributed by atoms with E-state index >= 15 is 0 Å². The van der Waals surface area contributed by atoms with Crippen LogP contribution in [0.15, 0.2) is 24.3 Å². The summed E-state index contributed by atoms with van der Waals surface area (Å²) < 4.78 is 12.7. The molecule has 0 fully saturated rings. The van der Waals surface area contributed by atoms with E-state index < -0.39 is 11.6 Å². The van der Waals surface area contributed by atoms with Gasteiger partial charge in [0.15, 0.2) is 6.09 Å². The van der Waals surface area contributed by atoms with Crippen molar-refractivity contribution in [3.05, 3.63) is 35.6 Å². The number of carbonyl (C=O) groups is 1. The Kier molecular flexibility index (Phi) is 4.07. The average Bonchev–Trinajstić information content (AvgIpc) is 2.18. The Morgan fingerprint density at radius 3 is 2.29 bits per heavy atom. The van der Waals surface area contributed by atoms with Gasteiger partial charge in [-0.1, -0.05) is 12.1 Å². The van der Waals surface area contributed by atoms with Crippen LogP contribution in [0.2, 0.25) is 0 Å². The minimum absolute atomic E-state index is 0.297. The van der Waals surface area contributed by atoms with E-state index in [1.54, 1.807) is 32.9 Å². The number of nitrogens with zero attached hydrogens (tertiary/aromatic N) is 1. The van der Waals surface area contributed by atoms with Crippen LogP contribution < -0.4 is 10.5 Å². The van der Waals surface area contributed by atoms with Crippen LogP contribution in [-0.4, -0.2) is 16.6 Å². The molecule has 0 aliphatic rings. The molecule has 0 unspecified atom stereocenters. The van der Waals surface area contributed by atoms with Crippen LogP contribution in [0.25, 0.3) is 0 Å². The van der Waals surface area contributed by atoms with Gasteiger partial charge in [-0.2, -0.15) is 0 Å². The molecule has 94 valence electrons. The van der Waals surface area contributed by atoms with Crippen LogP contribution in [-0.2, 0) is 6.54 Å². The van der Waals surface area contributed by atoms with Gasteiger partial charge in [-0.25, -0.2) is 9.82 Å². The molecule has 0 saturated carbocycles. The average molecular weight is 239 g/mol. The number of benzene rings is 1. The zero-order valence-corrected chi connectivity index (χ0v) is 10.2. The summed E-state index contributed by atoms with van der Waals surface area (Å²) >= 11 is 0. The number of hydrazine groups is 1.